The van der Waals surface area contributed by atoms with E-state index in [9.17, 15) is 9.59 Å². The largest absolute Gasteiger partial charge is 0.444 e. The summed E-state index contributed by atoms with van der Waals surface area (Å²) in [4.78, 5) is 27.5. The molecule has 5 nitrogen and oxygen atoms in total. The molecule has 0 N–H and O–H groups in total. The Bertz CT molecular complexity index is 803. The Morgan fingerprint density at radius 1 is 0.964 bits per heavy atom. The molecule has 28 heavy (non-hydrogen) atoms. The molecule has 1 heterocycles. The van der Waals surface area contributed by atoms with E-state index in [0.29, 0.717) is 37.4 Å². The quantitative estimate of drug-likeness (QED) is 0.757. The lowest BCUT2D eigenvalue weighted by atomic mass is 9.87. The molecule has 1 aliphatic rings. The number of esters is 1. The highest BCUT2D eigenvalue weighted by atomic mass is 16.5. The number of amides is 1. The molecule has 148 valence electrons. The van der Waals surface area contributed by atoms with Crippen LogP contribution in [0.15, 0.2) is 54.6 Å². The van der Waals surface area contributed by atoms with Crippen LogP contribution in [0.1, 0.15) is 48.4 Å². The van der Waals surface area contributed by atoms with Crippen molar-refractivity contribution in [1.29, 1.82) is 0 Å². The Balaban J connectivity index is 1.80. The van der Waals surface area contributed by atoms with Gasteiger partial charge in [0.05, 0.1) is 18.8 Å². The molecular formula is C23H27NO4. The van der Waals surface area contributed by atoms with Crippen LogP contribution in [-0.2, 0) is 19.7 Å². The Labute approximate surface area is 166 Å². The number of hydrogen-bond donors (Lipinski definition) is 0. The zero-order valence-electron chi connectivity index (χ0n) is 16.7. The number of hydrogen-bond acceptors (Lipinski definition) is 4. The van der Waals surface area contributed by atoms with Gasteiger partial charge in [0.15, 0.2) is 0 Å². The van der Waals surface area contributed by atoms with E-state index in [4.69, 9.17) is 9.47 Å². The molecule has 1 saturated heterocycles. The fourth-order valence-electron chi connectivity index (χ4n) is 3.12. The molecule has 0 aromatic heterocycles. The monoisotopic (exact) mass is 381 g/mol. The molecule has 0 unspecified atom stereocenters. The second kappa shape index (κ2) is 8.57. The van der Waals surface area contributed by atoms with Crippen LogP contribution in [0.5, 0.6) is 0 Å². The van der Waals surface area contributed by atoms with Crippen molar-refractivity contribution in [3.8, 4) is 0 Å². The standard InChI is InChI=1S/C23H27NO4/c1-23(2,3)19-11-9-18(10-12-19)22(26)28-20(17-7-5-4-6-8-17)21(25)24-13-15-27-16-14-24/h4-12,20H,13-16H2,1-3H3/t20-/m1/s1. The third-order valence-corrected chi connectivity index (χ3v) is 4.86. The first-order chi connectivity index (χ1) is 13.4. The summed E-state index contributed by atoms with van der Waals surface area (Å²) in [5, 5.41) is 0. The van der Waals surface area contributed by atoms with Gasteiger partial charge in [0.2, 0.25) is 6.10 Å². The molecule has 0 saturated carbocycles. The smallest absolute Gasteiger partial charge is 0.339 e. The number of carbonyl (C=O) groups is 2. The zero-order chi connectivity index (χ0) is 20.1. The molecule has 1 atom stereocenters. The summed E-state index contributed by atoms with van der Waals surface area (Å²) in [6, 6.07) is 16.5. The van der Waals surface area contributed by atoms with Crippen molar-refractivity contribution in [2.75, 3.05) is 26.3 Å². The number of nitrogens with zero attached hydrogens (tertiary/aromatic N) is 1. The van der Waals surface area contributed by atoms with E-state index in [1.54, 1.807) is 29.2 Å². The minimum absolute atomic E-state index is 0.00130. The van der Waals surface area contributed by atoms with Gasteiger partial charge in [-0.05, 0) is 23.1 Å². The highest BCUT2D eigenvalue weighted by Gasteiger charge is 2.31. The van der Waals surface area contributed by atoms with Crippen LogP contribution in [0.3, 0.4) is 0 Å². The van der Waals surface area contributed by atoms with Gasteiger partial charge in [-0.25, -0.2) is 4.79 Å². The number of benzene rings is 2. The Morgan fingerprint density at radius 3 is 2.14 bits per heavy atom. The first-order valence-electron chi connectivity index (χ1n) is 9.59. The first-order valence-corrected chi connectivity index (χ1v) is 9.59. The maximum Gasteiger partial charge on any atom is 0.339 e. The summed E-state index contributed by atoms with van der Waals surface area (Å²) in [6.07, 6.45) is -0.964. The lowest BCUT2D eigenvalue weighted by Gasteiger charge is -2.30. The second-order valence-corrected chi connectivity index (χ2v) is 7.96. The number of rotatable bonds is 4. The van der Waals surface area contributed by atoms with Crippen molar-refractivity contribution in [3.05, 3.63) is 71.3 Å². The fraction of sp³-hybridized carbons (Fsp3) is 0.391. The fourth-order valence-corrected chi connectivity index (χ4v) is 3.12. The van der Waals surface area contributed by atoms with Gasteiger partial charge in [-0.15, -0.1) is 0 Å². The van der Waals surface area contributed by atoms with Gasteiger partial charge in [-0.3, -0.25) is 4.79 Å². The highest BCUT2D eigenvalue weighted by molar-refractivity contribution is 5.92. The Hall–Kier alpha value is -2.66. The molecule has 1 amide bonds. The minimum Gasteiger partial charge on any atom is -0.444 e. The van der Waals surface area contributed by atoms with Crippen molar-refractivity contribution < 1.29 is 19.1 Å². The lowest BCUT2D eigenvalue weighted by molar-refractivity contribution is -0.145. The van der Waals surface area contributed by atoms with Gasteiger partial charge in [-0.1, -0.05) is 63.2 Å². The summed E-state index contributed by atoms with van der Waals surface area (Å²) >= 11 is 0. The van der Waals surface area contributed by atoms with Crippen molar-refractivity contribution >= 4 is 11.9 Å². The molecule has 0 radical (unpaired) electrons. The van der Waals surface area contributed by atoms with E-state index < -0.39 is 12.1 Å². The summed E-state index contributed by atoms with van der Waals surface area (Å²) in [5.74, 6) is -0.718. The van der Waals surface area contributed by atoms with E-state index >= 15 is 0 Å². The summed E-state index contributed by atoms with van der Waals surface area (Å²) in [7, 11) is 0. The van der Waals surface area contributed by atoms with Crippen molar-refractivity contribution in [1.82, 2.24) is 4.90 Å². The minimum atomic E-state index is -0.964. The normalized spacial score (nSPS) is 15.8. The first kappa shape index (κ1) is 20.1. The zero-order valence-corrected chi connectivity index (χ0v) is 16.7. The molecule has 5 heteroatoms. The maximum atomic E-state index is 13.0. The maximum absolute atomic E-state index is 13.0. The van der Waals surface area contributed by atoms with Gasteiger partial charge in [0, 0.05) is 18.7 Å². The predicted molar refractivity (Wildman–Crippen MR) is 107 cm³/mol. The van der Waals surface area contributed by atoms with Crippen LogP contribution < -0.4 is 0 Å². The van der Waals surface area contributed by atoms with Crippen LogP contribution in [0.25, 0.3) is 0 Å². The number of carbonyl (C=O) groups excluding carboxylic acids is 2. The third kappa shape index (κ3) is 4.78. The number of ether oxygens (including phenoxy) is 2. The Morgan fingerprint density at radius 2 is 1.57 bits per heavy atom. The van der Waals surface area contributed by atoms with Crippen LogP contribution in [0.2, 0.25) is 0 Å². The van der Waals surface area contributed by atoms with Crippen LogP contribution in [0, 0.1) is 0 Å². The molecule has 0 bridgehead atoms. The van der Waals surface area contributed by atoms with Crippen LogP contribution in [-0.4, -0.2) is 43.1 Å². The summed E-state index contributed by atoms with van der Waals surface area (Å²) < 4.78 is 11.0. The molecule has 1 aliphatic heterocycles. The number of morpholine rings is 1. The predicted octanol–water partition coefficient (Wildman–Crippen LogP) is 3.74. The van der Waals surface area contributed by atoms with Gasteiger partial charge in [-0.2, -0.15) is 0 Å². The van der Waals surface area contributed by atoms with Crippen molar-refractivity contribution in [2.24, 2.45) is 0 Å². The second-order valence-electron chi connectivity index (χ2n) is 7.96. The molecule has 3 rings (SSSR count). The molecular weight excluding hydrogens is 354 g/mol. The molecule has 2 aromatic carbocycles. The van der Waals surface area contributed by atoms with E-state index in [1.165, 1.54) is 0 Å². The van der Waals surface area contributed by atoms with Crippen LogP contribution in [0.4, 0.5) is 0 Å². The van der Waals surface area contributed by atoms with Crippen molar-refractivity contribution in [3.63, 3.8) is 0 Å². The lowest BCUT2D eigenvalue weighted by Crippen LogP contribution is -2.44. The van der Waals surface area contributed by atoms with E-state index in [-0.39, 0.29) is 11.3 Å². The van der Waals surface area contributed by atoms with E-state index in [0.717, 1.165) is 5.56 Å². The van der Waals surface area contributed by atoms with E-state index in [2.05, 4.69) is 20.8 Å². The molecule has 0 spiro atoms. The SMILES string of the molecule is CC(C)(C)c1ccc(C(=O)O[C@@H](C(=O)N2CCOCC2)c2ccccc2)cc1. The van der Waals surface area contributed by atoms with Crippen molar-refractivity contribution in [2.45, 2.75) is 32.3 Å². The molecule has 1 fully saturated rings. The van der Waals surface area contributed by atoms with E-state index in [1.807, 2.05) is 30.3 Å². The topological polar surface area (TPSA) is 55.8 Å². The third-order valence-electron chi connectivity index (χ3n) is 4.86. The highest BCUT2D eigenvalue weighted by Crippen LogP contribution is 2.25. The Kier molecular flexibility index (Phi) is 6.15. The average Bonchev–Trinajstić information content (AvgIpc) is 2.72. The summed E-state index contributed by atoms with van der Waals surface area (Å²) in [5.41, 5.74) is 2.23. The van der Waals surface area contributed by atoms with Gasteiger partial charge >= 0.3 is 5.97 Å². The van der Waals surface area contributed by atoms with Crippen LogP contribution >= 0.6 is 0 Å². The average molecular weight is 381 g/mol. The molecule has 0 aliphatic carbocycles. The molecule has 2 aromatic rings. The van der Waals surface area contributed by atoms with Gasteiger partial charge in [0.1, 0.15) is 0 Å². The van der Waals surface area contributed by atoms with Gasteiger partial charge < -0.3 is 14.4 Å². The van der Waals surface area contributed by atoms with Gasteiger partial charge in [0.25, 0.3) is 5.91 Å². The summed E-state index contributed by atoms with van der Waals surface area (Å²) in [6.45, 7) is 8.34.